The van der Waals surface area contributed by atoms with Crippen LogP contribution in [0.4, 0.5) is 0 Å². The summed E-state index contributed by atoms with van der Waals surface area (Å²) >= 11 is 0. The highest BCUT2D eigenvalue weighted by Gasteiger charge is 2.27. The van der Waals surface area contributed by atoms with Gasteiger partial charge in [0.1, 0.15) is 19.8 Å². The van der Waals surface area contributed by atoms with E-state index in [4.69, 9.17) is 18.5 Å². The van der Waals surface area contributed by atoms with Crippen molar-refractivity contribution in [2.24, 2.45) is 0 Å². The van der Waals surface area contributed by atoms with E-state index in [1.54, 1.807) is 0 Å². The van der Waals surface area contributed by atoms with Gasteiger partial charge >= 0.3 is 19.8 Å². The highest BCUT2D eigenvalue weighted by atomic mass is 31.2. The van der Waals surface area contributed by atoms with Gasteiger partial charge in [-0.25, -0.2) is 4.57 Å². The lowest BCUT2D eigenvalue weighted by Gasteiger charge is -2.24. The van der Waals surface area contributed by atoms with Gasteiger partial charge in [0, 0.05) is 12.8 Å². The van der Waals surface area contributed by atoms with E-state index in [2.05, 4.69) is 13.8 Å². The molecular formula is C74H149NO8P+. The molecule has 0 aliphatic carbocycles. The van der Waals surface area contributed by atoms with Crippen LogP contribution >= 0.6 is 7.82 Å². The lowest BCUT2D eigenvalue weighted by atomic mass is 10.0. The quantitative estimate of drug-likeness (QED) is 0.0278. The number of ether oxygens (including phenoxy) is 2. The lowest BCUT2D eigenvalue weighted by molar-refractivity contribution is -0.870. The SMILES string of the molecule is CCCCCCCCCCCCCCCCCCCCCCCCCCCCCCCCC(=O)OC[C@H](COP(=O)(O)OCC[N+](C)(C)C)OC(=O)CCCCCCCCCCCCCCCCCCCCCCCCCCCCCCCC. The standard InChI is InChI=1S/C74H148NO8P/c1-6-8-10-12-14-16-18-20-22-24-26-28-30-32-34-36-38-40-42-44-46-48-50-52-54-56-58-60-62-64-66-73(76)80-70-72(71-82-84(78,79)81-69-68-75(3,4)5)83-74(77)67-65-63-61-59-57-55-53-51-49-47-45-43-41-39-37-35-33-31-29-27-25-23-21-19-17-15-13-11-9-7-2/h72H,6-71H2,1-5H3/p+1/t72-/m1/s1. The highest BCUT2D eigenvalue weighted by molar-refractivity contribution is 7.47. The van der Waals surface area contributed by atoms with Gasteiger partial charge in [-0.1, -0.05) is 386 Å². The van der Waals surface area contributed by atoms with Crippen LogP contribution < -0.4 is 0 Å². The number of likely N-dealkylation sites (N-methyl/N-ethyl adjacent to an activating group) is 1. The summed E-state index contributed by atoms with van der Waals surface area (Å²) in [6.07, 6.45) is 81.0. The summed E-state index contributed by atoms with van der Waals surface area (Å²) in [5.74, 6) is -0.765. The molecule has 0 aromatic heterocycles. The molecule has 502 valence electrons. The van der Waals surface area contributed by atoms with E-state index >= 15 is 0 Å². The monoisotopic (exact) mass is 1210 g/mol. The maximum Gasteiger partial charge on any atom is 0.472 e. The van der Waals surface area contributed by atoms with Crippen molar-refractivity contribution in [2.45, 2.75) is 418 Å². The molecule has 10 heteroatoms. The molecule has 2 atom stereocenters. The van der Waals surface area contributed by atoms with E-state index in [0.29, 0.717) is 17.4 Å². The Morgan fingerprint density at radius 2 is 0.536 bits per heavy atom. The molecule has 0 fully saturated rings. The van der Waals surface area contributed by atoms with Crippen molar-refractivity contribution in [3.8, 4) is 0 Å². The van der Waals surface area contributed by atoms with Gasteiger partial charge in [0.2, 0.25) is 0 Å². The van der Waals surface area contributed by atoms with E-state index in [1.807, 2.05) is 21.1 Å². The lowest BCUT2D eigenvalue weighted by Crippen LogP contribution is -2.37. The van der Waals surface area contributed by atoms with Crippen LogP contribution in [0.25, 0.3) is 0 Å². The van der Waals surface area contributed by atoms with Crippen molar-refractivity contribution in [1.82, 2.24) is 0 Å². The number of hydrogen-bond donors (Lipinski definition) is 1. The summed E-state index contributed by atoms with van der Waals surface area (Å²) in [7, 11) is 1.51. The summed E-state index contributed by atoms with van der Waals surface area (Å²) < 4.78 is 34.8. The zero-order valence-electron chi connectivity index (χ0n) is 57.4. The van der Waals surface area contributed by atoms with Crippen LogP contribution in [0.1, 0.15) is 412 Å². The highest BCUT2D eigenvalue weighted by Crippen LogP contribution is 2.43. The predicted molar refractivity (Wildman–Crippen MR) is 363 cm³/mol. The molecule has 1 unspecified atom stereocenters. The number of phosphoric acid groups is 1. The van der Waals surface area contributed by atoms with Gasteiger partial charge in [-0.3, -0.25) is 18.6 Å². The van der Waals surface area contributed by atoms with E-state index in [0.717, 1.165) is 38.5 Å². The molecule has 0 aliphatic rings. The van der Waals surface area contributed by atoms with Gasteiger partial charge in [-0.15, -0.1) is 0 Å². The number of carbonyl (C=O) groups is 2. The van der Waals surface area contributed by atoms with Gasteiger partial charge in [0.05, 0.1) is 27.7 Å². The van der Waals surface area contributed by atoms with Crippen LogP contribution in [0.15, 0.2) is 0 Å². The first kappa shape index (κ1) is 83.0. The summed E-state index contributed by atoms with van der Waals surface area (Å²) in [5.41, 5.74) is 0. The molecule has 0 saturated heterocycles. The van der Waals surface area contributed by atoms with Gasteiger partial charge < -0.3 is 18.9 Å². The van der Waals surface area contributed by atoms with Crippen molar-refractivity contribution in [3.63, 3.8) is 0 Å². The van der Waals surface area contributed by atoms with Crippen molar-refractivity contribution in [3.05, 3.63) is 0 Å². The second-order valence-electron chi connectivity index (χ2n) is 27.4. The predicted octanol–water partition coefficient (Wildman–Crippen LogP) is 24.5. The van der Waals surface area contributed by atoms with Gasteiger partial charge in [-0.05, 0) is 12.8 Å². The van der Waals surface area contributed by atoms with Crippen molar-refractivity contribution in [2.75, 3.05) is 47.5 Å². The number of rotatable bonds is 72. The number of esters is 2. The first-order valence-corrected chi connectivity index (χ1v) is 39.3. The topological polar surface area (TPSA) is 108 Å². The van der Waals surface area contributed by atoms with Crippen molar-refractivity contribution < 1.29 is 42.1 Å². The minimum Gasteiger partial charge on any atom is -0.462 e. The molecule has 9 nitrogen and oxygen atoms in total. The third kappa shape index (κ3) is 70.1. The zero-order valence-corrected chi connectivity index (χ0v) is 58.3. The van der Waals surface area contributed by atoms with Gasteiger partial charge in [-0.2, -0.15) is 0 Å². The van der Waals surface area contributed by atoms with Crippen molar-refractivity contribution >= 4 is 19.8 Å². The Morgan fingerprint density at radius 3 is 0.762 bits per heavy atom. The van der Waals surface area contributed by atoms with Gasteiger partial charge in [0.25, 0.3) is 0 Å². The molecule has 0 aliphatic heterocycles. The van der Waals surface area contributed by atoms with Gasteiger partial charge in [0.15, 0.2) is 6.10 Å². The second-order valence-corrected chi connectivity index (χ2v) is 28.9. The number of quaternary nitrogens is 1. The van der Waals surface area contributed by atoms with Crippen molar-refractivity contribution in [1.29, 1.82) is 0 Å². The van der Waals surface area contributed by atoms with Crippen LogP contribution in [-0.2, 0) is 32.7 Å². The normalized spacial score (nSPS) is 13.0. The molecular weight excluding hydrogens is 1060 g/mol. The Labute approximate surface area is 524 Å². The minimum atomic E-state index is -4.39. The number of carbonyl (C=O) groups excluding carboxylic acids is 2. The molecule has 0 amide bonds. The Hall–Kier alpha value is -0.990. The average molecular weight is 1210 g/mol. The van der Waals surface area contributed by atoms with Crippen LogP contribution in [0.2, 0.25) is 0 Å². The van der Waals surface area contributed by atoms with Crippen LogP contribution in [0.3, 0.4) is 0 Å². The second kappa shape index (κ2) is 66.4. The zero-order chi connectivity index (χ0) is 61.2. The fourth-order valence-corrected chi connectivity index (χ4v) is 12.6. The molecule has 0 radical (unpaired) electrons. The minimum absolute atomic E-state index is 0.0378. The fourth-order valence-electron chi connectivity index (χ4n) is 11.8. The van der Waals surface area contributed by atoms with E-state index in [9.17, 15) is 19.0 Å². The van der Waals surface area contributed by atoms with E-state index in [-0.39, 0.29) is 25.6 Å². The van der Waals surface area contributed by atoms with Crippen LogP contribution in [-0.4, -0.2) is 74.9 Å². The molecule has 0 saturated carbocycles. The molecule has 1 N–H and O–H groups in total. The molecule has 0 bridgehead atoms. The van der Waals surface area contributed by atoms with Crippen LogP contribution in [0, 0.1) is 0 Å². The molecule has 0 heterocycles. The molecule has 0 rings (SSSR count). The van der Waals surface area contributed by atoms with E-state index in [1.165, 1.54) is 347 Å². The summed E-state index contributed by atoms with van der Waals surface area (Å²) in [6, 6.07) is 0. The van der Waals surface area contributed by atoms with E-state index < -0.39 is 26.5 Å². The Morgan fingerprint density at radius 1 is 0.321 bits per heavy atom. The summed E-state index contributed by atoms with van der Waals surface area (Å²) in [6.45, 7) is 4.54. The third-order valence-corrected chi connectivity index (χ3v) is 18.6. The molecule has 0 aromatic rings. The summed E-state index contributed by atoms with van der Waals surface area (Å²) in [5, 5.41) is 0. The average Bonchev–Trinajstić information content (AvgIpc) is 3.52. The number of phosphoric ester groups is 1. The summed E-state index contributed by atoms with van der Waals surface area (Å²) in [4.78, 5) is 35.9. The number of nitrogens with zero attached hydrogens (tertiary/aromatic N) is 1. The molecule has 0 aromatic carbocycles. The Kier molecular flexibility index (Phi) is 65.6. The third-order valence-electron chi connectivity index (χ3n) is 17.6. The largest absolute Gasteiger partial charge is 0.472 e. The Bertz CT molecular complexity index is 1370. The smallest absolute Gasteiger partial charge is 0.462 e. The van der Waals surface area contributed by atoms with Crippen LogP contribution in [0.5, 0.6) is 0 Å². The first-order valence-electron chi connectivity index (χ1n) is 37.8. The Balaban J connectivity index is 3.93. The molecule has 0 spiro atoms. The molecule has 84 heavy (non-hydrogen) atoms. The number of unbranched alkanes of at least 4 members (excludes halogenated alkanes) is 58. The maximum absolute atomic E-state index is 12.9. The maximum atomic E-state index is 12.9. The first-order chi connectivity index (χ1) is 41.0. The number of hydrogen-bond acceptors (Lipinski definition) is 7. The fraction of sp³-hybridized carbons (Fsp3) is 0.973.